The van der Waals surface area contributed by atoms with Gasteiger partial charge in [-0.3, -0.25) is 0 Å². The largest absolute Gasteiger partial charge is 0.493 e. The number of ether oxygens (including phenoxy) is 1. The summed E-state index contributed by atoms with van der Waals surface area (Å²) in [6.07, 6.45) is 3.48. The van der Waals surface area contributed by atoms with E-state index in [1.807, 2.05) is 29.2 Å². The van der Waals surface area contributed by atoms with Crippen LogP contribution in [0.3, 0.4) is 0 Å². The number of nitrogens with one attached hydrogen (secondary N) is 1. The molecule has 1 saturated carbocycles. The van der Waals surface area contributed by atoms with Gasteiger partial charge in [-0.25, -0.2) is 9.18 Å². The molecule has 0 spiro atoms. The van der Waals surface area contributed by atoms with Gasteiger partial charge in [-0.15, -0.1) is 0 Å². The second-order valence-electron chi connectivity index (χ2n) is 9.65. The third-order valence-electron chi connectivity index (χ3n) is 6.02. The van der Waals surface area contributed by atoms with Crippen LogP contribution in [0, 0.1) is 11.7 Å². The molecule has 3 N–H and O–H groups in total. The molecule has 0 aromatic heterocycles. The fraction of sp³-hybridized carbons (Fsp3) is 0.500. The molecule has 5 nitrogen and oxygen atoms in total. The Balaban J connectivity index is 1.63. The lowest BCUT2D eigenvalue weighted by Crippen LogP contribution is -2.50. The Morgan fingerprint density at radius 1 is 1.12 bits per heavy atom. The van der Waals surface area contributed by atoms with Crippen molar-refractivity contribution in [1.82, 2.24) is 10.2 Å². The van der Waals surface area contributed by atoms with Crippen molar-refractivity contribution >= 4 is 6.03 Å². The van der Waals surface area contributed by atoms with Crippen LogP contribution in [-0.4, -0.2) is 29.1 Å². The van der Waals surface area contributed by atoms with Gasteiger partial charge in [0, 0.05) is 24.7 Å². The first kappa shape index (κ1) is 24.1. The molecule has 0 aliphatic heterocycles. The predicted octanol–water partition coefficient (Wildman–Crippen LogP) is 5.23. The van der Waals surface area contributed by atoms with Crippen molar-refractivity contribution in [2.24, 2.45) is 11.7 Å². The van der Waals surface area contributed by atoms with E-state index in [0.717, 1.165) is 42.6 Å². The molecule has 174 valence electrons. The topological polar surface area (TPSA) is 67.6 Å². The molecule has 0 unspecified atom stereocenters. The van der Waals surface area contributed by atoms with Gasteiger partial charge in [0.15, 0.2) is 0 Å². The average Bonchev–Trinajstić information content (AvgIpc) is 2.76. The number of urea groups is 1. The van der Waals surface area contributed by atoms with Crippen molar-refractivity contribution in [3.8, 4) is 5.75 Å². The van der Waals surface area contributed by atoms with E-state index in [9.17, 15) is 9.18 Å². The molecule has 1 aliphatic rings. The van der Waals surface area contributed by atoms with E-state index >= 15 is 0 Å². The molecule has 0 heterocycles. The normalized spacial score (nSPS) is 20.8. The van der Waals surface area contributed by atoms with Crippen molar-refractivity contribution in [2.45, 2.75) is 71.1 Å². The van der Waals surface area contributed by atoms with E-state index in [1.54, 1.807) is 12.1 Å². The lowest BCUT2D eigenvalue weighted by molar-refractivity contribution is 0.133. The van der Waals surface area contributed by atoms with Crippen molar-refractivity contribution in [3.05, 3.63) is 65.5 Å². The molecule has 2 aromatic carbocycles. The number of hydrogen-bond donors (Lipinski definition) is 2. The van der Waals surface area contributed by atoms with Gasteiger partial charge in [0.2, 0.25) is 0 Å². The minimum absolute atomic E-state index is 0.111. The maximum absolute atomic E-state index is 13.3. The lowest BCUT2D eigenvalue weighted by atomic mass is 9.81. The fourth-order valence-corrected chi connectivity index (χ4v) is 3.97. The molecule has 0 bridgehead atoms. The molecule has 2 aromatic rings. The Morgan fingerprint density at radius 3 is 2.31 bits per heavy atom. The highest BCUT2D eigenvalue weighted by atomic mass is 19.1. The second-order valence-corrected chi connectivity index (χ2v) is 9.65. The van der Waals surface area contributed by atoms with Gasteiger partial charge in [-0.05, 0) is 73.9 Å². The summed E-state index contributed by atoms with van der Waals surface area (Å²) in [4.78, 5) is 15.1. The van der Waals surface area contributed by atoms with Crippen LogP contribution in [0.25, 0.3) is 0 Å². The molecule has 0 radical (unpaired) electrons. The van der Waals surface area contributed by atoms with Crippen LogP contribution in [0.1, 0.15) is 57.6 Å². The first-order valence-electron chi connectivity index (χ1n) is 11.5. The smallest absolute Gasteiger partial charge is 0.318 e. The van der Waals surface area contributed by atoms with Gasteiger partial charge in [-0.2, -0.15) is 0 Å². The van der Waals surface area contributed by atoms with Gasteiger partial charge >= 0.3 is 6.03 Å². The number of nitrogens with two attached hydrogens (primary N) is 1. The monoisotopic (exact) mass is 441 g/mol. The van der Waals surface area contributed by atoms with Crippen molar-refractivity contribution in [2.75, 3.05) is 6.61 Å². The number of nitrogens with zero attached hydrogens (tertiary/aromatic N) is 1. The van der Waals surface area contributed by atoms with E-state index in [1.165, 1.54) is 12.1 Å². The van der Waals surface area contributed by atoms with Gasteiger partial charge in [0.25, 0.3) is 0 Å². The van der Waals surface area contributed by atoms with Crippen LogP contribution < -0.4 is 15.8 Å². The third kappa shape index (κ3) is 7.23. The van der Waals surface area contributed by atoms with Crippen LogP contribution in [-0.2, 0) is 13.1 Å². The number of carbonyl (C=O) groups is 1. The predicted molar refractivity (Wildman–Crippen MR) is 126 cm³/mol. The molecule has 0 atom stereocenters. The summed E-state index contributed by atoms with van der Waals surface area (Å²) in [7, 11) is 0. The maximum Gasteiger partial charge on any atom is 0.318 e. The number of carbonyl (C=O) groups excluding carboxylic acids is 1. The standard InChI is InChI=1S/C26H36FN3O2/c1-19(2)18-32-24-10-6-20(7-11-24)16-29-25(31)30(17-21-4-8-22(27)9-5-21)23-12-14-26(3,28)15-13-23/h4-11,19,23H,12-18,28H2,1-3H3,(H,29,31). The van der Waals surface area contributed by atoms with E-state index in [4.69, 9.17) is 10.5 Å². The van der Waals surface area contributed by atoms with E-state index < -0.39 is 0 Å². The number of benzene rings is 2. The van der Waals surface area contributed by atoms with Gasteiger partial charge in [0.1, 0.15) is 11.6 Å². The summed E-state index contributed by atoms with van der Waals surface area (Å²) in [5.74, 6) is 1.03. The van der Waals surface area contributed by atoms with Crippen LogP contribution >= 0.6 is 0 Å². The summed E-state index contributed by atoms with van der Waals surface area (Å²) in [5, 5.41) is 3.06. The highest BCUT2D eigenvalue weighted by Gasteiger charge is 2.32. The van der Waals surface area contributed by atoms with Gasteiger partial charge in [0.05, 0.1) is 6.61 Å². The quantitative estimate of drug-likeness (QED) is 0.589. The molecule has 6 heteroatoms. The number of amides is 2. The van der Waals surface area contributed by atoms with Crippen molar-refractivity contribution in [3.63, 3.8) is 0 Å². The highest BCUT2D eigenvalue weighted by molar-refractivity contribution is 5.74. The Bertz CT molecular complexity index is 856. The first-order chi connectivity index (χ1) is 15.2. The molecule has 3 rings (SSSR count). The molecule has 1 aliphatic carbocycles. The van der Waals surface area contributed by atoms with Crippen LogP contribution in [0.15, 0.2) is 48.5 Å². The molecule has 32 heavy (non-hydrogen) atoms. The molecule has 2 amide bonds. The van der Waals surface area contributed by atoms with E-state index in [-0.39, 0.29) is 23.4 Å². The average molecular weight is 442 g/mol. The number of rotatable bonds is 8. The SMILES string of the molecule is CC(C)COc1ccc(CNC(=O)N(Cc2ccc(F)cc2)C2CCC(C)(N)CC2)cc1. The first-order valence-corrected chi connectivity index (χ1v) is 11.5. The number of halogens is 1. The minimum atomic E-state index is -0.276. The summed E-state index contributed by atoms with van der Waals surface area (Å²) < 4.78 is 19.1. The Kier molecular flexibility index (Phi) is 8.13. The Labute approximate surface area is 191 Å². The van der Waals surface area contributed by atoms with Gasteiger partial charge in [-0.1, -0.05) is 38.1 Å². The number of hydrogen-bond acceptors (Lipinski definition) is 3. The van der Waals surface area contributed by atoms with E-state index in [2.05, 4.69) is 26.1 Å². The van der Waals surface area contributed by atoms with E-state index in [0.29, 0.717) is 25.6 Å². The second kappa shape index (κ2) is 10.8. The molecule has 1 fully saturated rings. The minimum Gasteiger partial charge on any atom is -0.493 e. The highest BCUT2D eigenvalue weighted by Crippen LogP contribution is 2.30. The third-order valence-corrected chi connectivity index (χ3v) is 6.02. The zero-order valence-corrected chi connectivity index (χ0v) is 19.4. The summed E-state index contributed by atoms with van der Waals surface area (Å²) in [6, 6.07) is 14.2. The van der Waals surface area contributed by atoms with Gasteiger partial charge < -0.3 is 20.7 Å². The zero-order valence-electron chi connectivity index (χ0n) is 19.4. The molecular weight excluding hydrogens is 405 g/mol. The van der Waals surface area contributed by atoms with Crippen LogP contribution in [0.5, 0.6) is 5.75 Å². The summed E-state index contributed by atoms with van der Waals surface area (Å²) >= 11 is 0. The molecule has 0 saturated heterocycles. The molecular formula is C26H36FN3O2. The zero-order chi connectivity index (χ0) is 23.1. The van der Waals surface area contributed by atoms with Crippen LogP contribution in [0.2, 0.25) is 0 Å². The van der Waals surface area contributed by atoms with Crippen LogP contribution in [0.4, 0.5) is 9.18 Å². The Hall–Kier alpha value is -2.60. The Morgan fingerprint density at radius 2 is 1.72 bits per heavy atom. The summed E-state index contributed by atoms with van der Waals surface area (Å²) in [5.41, 5.74) is 8.05. The summed E-state index contributed by atoms with van der Waals surface area (Å²) in [6.45, 7) is 7.86. The lowest BCUT2D eigenvalue weighted by Gasteiger charge is -2.40. The van der Waals surface area contributed by atoms with Crippen molar-refractivity contribution in [1.29, 1.82) is 0 Å². The van der Waals surface area contributed by atoms with Crippen molar-refractivity contribution < 1.29 is 13.9 Å². The maximum atomic E-state index is 13.3. The fourth-order valence-electron chi connectivity index (χ4n) is 3.97.